The summed E-state index contributed by atoms with van der Waals surface area (Å²) in [4.78, 5) is 30.1. The highest BCUT2D eigenvalue weighted by Gasteiger charge is 2.22. The third kappa shape index (κ3) is 2.44. The summed E-state index contributed by atoms with van der Waals surface area (Å²) >= 11 is 0. The Morgan fingerprint density at radius 2 is 2.15 bits per heavy atom. The molecular weight excluding hydrogens is 334 g/mol. The highest BCUT2D eigenvalue weighted by molar-refractivity contribution is 5.75. The third-order valence-electron chi connectivity index (χ3n) is 5.07. The lowest BCUT2D eigenvalue weighted by atomic mass is 10.2. The largest absolute Gasteiger partial charge is 0.376 e. The van der Waals surface area contributed by atoms with Gasteiger partial charge in [0, 0.05) is 32.1 Å². The molecule has 0 amide bonds. The number of ether oxygens (including phenoxy) is 1. The van der Waals surface area contributed by atoms with Crippen LogP contribution in [0.15, 0.2) is 27.9 Å². The zero-order valence-corrected chi connectivity index (χ0v) is 15.3. The molecule has 0 spiro atoms. The zero-order chi connectivity index (χ0) is 18.4. The first-order chi connectivity index (χ1) is 12.5. The fourth-order valence-corrected chi connectivity index (χ4v) is 3.64. The van der Waals surface area contributed by atoms with Crippen molar-refractivity contribution in [1.82, 2.24) is 23.1 Å². The van der Waals surface area contributed by atoms with Crippen molar-refractivity contribution in [3.05, 3.63) is 44.9 Å². The standard InChI is InChI=1S/C18H23N5O3/c1-4-5-8-21-16(24)14-15(20(3)18(21)25)19-17-22(12(2)10-23(14)17)11-13-7-6-9-26-13/h4-5,10,13H,6-9,11H2,1-3H3/b5-4+/t13-/m1/s1. The van der Waals surface area contributed by atoms with E-state index in [1.54, 1.807) is 17.5 Å². The molecule has 4 heterocycles. The van der Waals surface area contributed by atoms with Gasteiger partial charge < -0.3 is 9.30 Å². The van der Waals surface area contributed by atoms with E-state index in [0.717, 1.165) is 25.1 Å². The summed E-state index contributed by atoms with van der Waals surface area (Å²) in [5.74, 6) is 0.670. The minimum Gasteiger partial charge on any atom is -0.376 e. The first-order valence-corrected chi connectivity index (χ1v) is 8.93. The molecule has 3 aromatic heterocycles. The Bertz CT molecular complexity index is 1120. The molecule has 1 atom stereocenters. The van der Waals surface area contributed by atoms with Gasteiger partial charge in [-0.05, 0) is 26.7 Å². The number of allylic oxidation sites excluding steroid dienone is 2. The van der Waals surface area contributed by atoms with Crippen molar-refractivity contribution in [1.29, 1.82) is 0 Å². The number of rotatable bonds is 4. The van der Waals surface area contributed by atoms with Crippen LogP contribution in [0, 0.1) is 6.92 Å². The minimum absolute atomic E-state index is 0.167. The zero-order valence-electron chi connectivity index (χ0n) is 15.3. The van der Waals surface area contributed by atoms with E-state index in [-0.39, 0.29) is 23.9 Å². The molecule has 0 bridgehead atoms. The molecule has 0 N–H and O–H groups in total. The van der Waals surface area contributed by atoms with Gasteiger partial charge in [-0.15, -0.1) is 0 Å². The van der Waals surface area contributed by atoms with Crippen LogP contribution in [0.4, 0.5) is 0 Å². The third-order valence-corrected chi connectivity index (χ3v) is 5.07. The Morgan fingerprint density at radius 3 is 2.85 bits per heavy atom. The average molecular weight is 357 g/mol. The molecule has 0 radical (unpaired) electrons. The molecule has 0 saturated carbocycles. The smallest absolute Gasteiger partial charge is 0.332 e. The Morgan fingerprint density at radius 1 is 1.35 bits per heavy atom. The summed E-state index contributed by atoms with van der Waals surface area (Å²) < 4.78 is 12.3. The van der Waals surface area contributed by atoms with E-state index in [2.05, 4.69) is 9.55 Å². The van der Waals surface area contributed by atoms with Gasteiger partial charge >= 0.3 is 5.69 Å². The van der Waals surface area contributed by atoms with E-state index in [4.69, 9.17) is 4.74 Å². The van der Waals surface area contributed by atoms with Crippen LogP contribution < -0.4 is 11.2 Å². The molecule has 138 valence electrons. The lowest BCUT2D eigenvalue weighted by molar-refractivity contribution is 0.0974. The van der Waals surface area contributed by atoms with Crippen molar-refractivity contribution >= 4 is 16.9 Å². The molecule has 1 saturated heterocycles. The van der Waals surface area contributed by atoms with Gasteiger partial charge in [0.15, 0.2) is 11.2 Å². The van der Waals surface area contributed by atoms with Gasteiger partial charge in [0.25, 0.3) is 5.56 Å². The maximum Gasteiger partial charge on any atom is 0.332 e. The van der Waals surface area contributed by atoms with E-state index in [9.17, 15) is 9.59 Å². The molecule has 0 aromatic carbocycles. The van der Waals surface area contributed by atoms with Gasteiger partial charge in [-0.1, -0.05) is 12.2 Å². The van der Waals surface area contributed by atoms with Gasteiger partial charge in [-0.2, -0.15) is 4.98 Å². The summed E-state index contributed by atoms with van der Waals surface area (Å²) in [5.41, 5.74) is 1.18. The quantitative estimate of drug-likeness (QED) is 0.658. The summed E-state index contributed by atoms with van der Waals surface area (Å²) in [5, 5.41) is 0. The Hall–Kier alpha value is -2.61. The molecule has 26 heavy (non-hydrogen) atoms. The first kappa shape index (κ1) is 16.8. The number of hydrogen-bond donors (Lipinski definition) is 0. The average Bonchev–Trinajstić information content (AvgIpc) is 3.31. The second-order valence-corrected chi connectivity index (χ2v) is 6.80. The van der Waals surface area contributed by atoms with E-state index in [1.165, 1.54) is 9.13 Å². The number of aryl methyl sites for hydroxylation is 2. The predicted octanol–water partition coefficient (Wildman–Crippen LogP) is 1.21. The minimum atomic E-state index is -0.358. The predicted molar refractivity (Wildman–Crippen MR) is 98.7 cm³/mol. The monoisotopic (exact) mass is 357 g/mol. The van der Waals surface area contributed by atoms with Gasteiger partial charge in [-0.3, -0.25) is 18.3 Å². The van der Waals surface area contributed by atoms with Crippen LogP contribution in [0.1, 0.15) is 25.5 Å². The molecule has 1 aliphatic rings. The molecule has 4 rings (SSSR count). The van der Waals surface area contributed by atoms with Crippen LogP contribution in [0.3, 0.4) is 0 Å². The molecule has 1 aliphatic heterocycles. The highest BCUT2D eigenvalue weighted by atomic mass is 16.5. The number of aromatic nitrogens is 5. The van der Waals surface area contributed by atoms with E-state index in [0.29, 0.717) is 23.5 Å². The lowest BCUT2D eigenvalue weighted by Gasteiger charge is -2.11. The Kier molecular flexibility index (Phi) is 4.07. The van der Waals surface area contributed by atoms with Crippen molar-refractivity contribution in [2.45, 2.75) is 45.9 Å². The lowest BCUT2D eigenvalue weighted by Crippen LogP contribution is -2.39. The molecular formula is C18H23N5O3. The summed E-state index contributed by atoms with van der Waals surface area (Å²) in [6, 6.07) is 0. The Balaban J connectivity index is 1.96. The van der Waals surface area contributed by atoms with Crippen molar-refractivity contribution in [2.75, 3.05) is 6.61 Å². The van der Waals surface area contributed by atoms with Gasteiger partial charge in [-0.25, -0.2) is 4.79 Å². The van der Waals surface area contributed by atoms with Gasteiger partial charge in [0.1, 0.15) is 0 Å². The Labute approximate surface area is 149 Å². The van der Waals surface area contributed by atoms with Gasteiger partial charge in [0.05, 0.1) is 12.6 Å². The van der Waals surface area contributed by atoms with Crippen LogP contribution in [0.2, 0.25) is 0 Å². The molecule has 3 aromatic rings. The van der Waals surface area contributed by atoms with Crippen molar-refractivity contribution in [3.63, 3.8) is 0 Å². The first-order valence-electron chi connectivity index (χ1n) is 8.93. The van der Waals surface area contributed by atoms with Crippen molar-refractivity contribution in [3.8, 4) is 0 Å². The molecule has 8 heteroatoms. The fourth-order valence-electron chi connectivity index (χ4n) is 3.64. The van der Waals surface area contributed by atoms with E-state index >= 15 is 0 Å². The maximum atomic E-state index is 13.0. The number of nitrogens with zero attached hydrogens (tertiary/aromatic N) is 5. The SMILES string of the molecule is C/C=C/Cn1c(=O)c2c(nc3n(C[C@H]4CCCO4)c(C)cn23)n(C)c1=O. The van der Waals surface area contributed by atoms with Crippen LogP contribution in [0.25, 0.3) is 16.9 Å². The topological polar surface area (TPSA) is 75.5 Å². The van der Waals surface area contributed by atoms with Gasteiger partial charge in [0.2, 0.25) is 5.78 Å². The summed E-state index contributed by atoms with van der Waals surface area (Å²) in [7, 11) is 1.65. The van der Waals surface area contributed by atoms with Crippen LogP contribution in [-0.4, -0.2) is 35.8 Å². The fraction of sp³-hybridized carbons (Fsp3) is 0.500. The number of fused-ring (bicyclic) bond motifs is 3. The van der Waals surface area contributed by atoms with E-state index < -0.39 is 0 Å². The second-order valence-electron chi connectivity index (χ2n) is 6.80. The number of imidazole rings is 2. The summed E-state index contributed by atoms with van der Waals surface area (Å²) in [6.07, 6.45) is 7.79. The molecule has 8 nitrogen and oxygen atoms in total. The highest BCUT2D eigenvalue weighted by Crippen LogP contribution is 2.20. The number of hydrogen-bond acceptors (Lipinski definition) is 4. The molecule has 1 fully saturated rings. The van der Waals surface area contributed by atoms with Crippen LogP contribution in [0.5, 0.6) is 0 Å². The summed E-state index contributed by atoms with van der Waals surface area (Å²) in [6.45, 7) is 5.60. The van der Waals surface area contributed by atoms with Crippen LogP contribution in [-0.2, 0) is 24.9 Å². The van der Waals surface area contributed by atoms with Crippen molar-refractivity contribution in [2.24, 2.45) is 7.05 Å². The van der Waals surface area contributed by atoms with Crippen LogP contribution >= 0.6 is 0 Å². The second kappa shape index (κ2) is 6.28. The van der Waals surface area contributed by atoms with E-state index in [1.807, 2.05) is 26.1 Å². The molecule has 0 unspecified atom stereocenters. The molecule has 0 aliphatic carbocycles. The maximum absolute atomic E-state index is 13.0. The normalized spacial score (nSPS) is 18.0. The van der Waals surface area contributed by atoms with Crippen molar-refractivity contribution < 1.29 is 4.74 Å².